The van der Waals surface area contributed by atoms with Gasteiger partial charge in [0, 0.05) is 12.6 Å². The number of nitrogens with zero attached hydrogens (tertiary/aromatic N) is 3. The number of H-pyrrole nitrogens is 1. The van der Waals surface area contributed by atoms with Crippen molar-refractivity contribution in [1.82, 2.24) is 24.8 Å². The fourth-order valence-electron chi connectivity index (χ4n) is 3.17. The molecule has 3 aromatic rings. The predicted molar refractivity (Wildman–Crippen MR) is 95.6 cm³/mol. The number of hydrogen-bond acceptors (Lipinski definition) is 6. The van der Waals surface area contributed by atoms with Crippen LogP contribution in [-0.2, 0) is 0 Å². The Morgan fingerprint density at radius 1 is 1.40 bits per heavy atom. The van der Waals surface area contributed by atoms with E-state index < -0.39 is 0 Å². The molecule has 3 N–H and O–H groups in total. The maximum absolute atomic E-state index is 12.4. The number of nitrogens with one attached hydrogen (secondary N) is 3. The molecule has 0 aliphatic carbocycles. The number of imidazole rings is 1. The van der Waals surface area contributed by atoms with Gasteiger partial charge in [-0.3, -0.25) is 0 Å². The van der Waals surface area contributed by atoms with E-state index >= 15 is 0 Å². The van der Waals surface area contributed by atoms with Crippen LogP contribution in [0, 0.1) is 0 Å². The number of para-hydroxylation sites is 2. The third-order valence-corrected chi connectivity index (χ3v) is 4.42. The van der Waals surface area contributed by atoms with Gasteiger partial charge in [-0.25, -0.2) is 14.3 Å². The Kier molecular flexibility index (Phi) is 4.10. The highest BCUT2D eigenvalue weighted by Gasteiger charge is 2.16. The second-order valence-corrected chi connectivity index (χ2v) is 6.04. The Balaban J connectivity index is 1.72. The van der Waals surface area contributed by atoms with E-state index in [1.54, 1.807) is 13.3 Å². The molecule has 1 aliphatic rings. The quantitative estimate of drug-likeness (QED) is 0.647. The van der Waals surface area contributed by atoms with Crippen LogP contribution in [0.4, 0.5) is 5.95 Å². The first-order chi connectivity index (χ1) is 12.3. The summed E-state index contributed by atoms with van der Waals surface area (Å²) in [6.45, 7) is 1.81. The van der Waals surface area contributed by atoms with E-state index in [1.165, 1.54) is 11.0 Å². The van der Waals surface area contributed by atoms with Gasteiger partial charge < -0.3 is 20.4 Å². The maximum Gasteiger partial charge on any atom is 0.332 e. The van der Waals surface area contributed by atoms with E-state index in [0.29, 0.717) is 34.6 Å². The first kappa shape index (κ1) is 15.6. The molecule has 25 heavy (non-hydrogen) atoms. The van der Waals surface area contributed by atoms with E-state index in [1.807, 2.05) is 24.3 Å². The zero-order valence-corrected chi connectivity index (χ0v) is 14.0. The first-order valence-corrected chi connectivity index (χ1v) is 8.34. The predicted octanol–water partition coefficient (Wildman–Crippen LogP) is 1.28. The third-order valence-electron chi connectivity index (χ3n) is 4.42. The molecule has 130 valence electrons. The molecule has 3 heterocycles. The minimum Gasteiger partial charge on any atom is -0.495 e. The summed E-state index contributed by atoms with van der Waals surface area (Å²) < 4.78 is 6.89. The molecule has 1 aliphatic heterocycles. The Hall–Kier alpha value is -2.87. The van der Waals surface area contributed by atoms with Crippen LogP contribution in [0.3, 0.4) is 0 Å². The standard InChI is InChI=1S/C17H20N6O2/c1-25-14-7-3-2-6-13(14)23-15-12(21-17(23)24)10-20-16(22-15)19-9-11-5-4-8-18-11/h2-3,6-7,10-11,18H,4-5,8-9H2,1H3,(H,21,24)(H,19,20,22). The molecule has 0 bridgehead atoms. The van der Waals surface area contributed by atoms with Crippen molar-refractivity contribution in [1.29, 1.82) is 0 Å². The van der Waals surface area contributed by atoms with Crippen molar-refractivity contribution in [3.63, 3.8) is 0 Å². The van der Waals surface area contributed by atoms with Crippen molar-refractivity contribution in [2.45, 2.75) is 18.9 Å². The molecule has 1 fully saturated rings. The highest BCUT2D eigenvalue weighted by molar-refractivity contribution is 5.74. The summed E-state index contributed by atoms with van der Waals surface area (Å²) in [5, 5.41) is 6.67. The van der Waals surface area contributed by atoms with Crippen LogP contribution in [0.15, 0.2) is 35.3 Å². The lowest BCUT2D eigenvalue weighted by Gasteiger charge is -2.12. The van der Waals surface area contributed by atoms with Gasteiger partial charge in [0.15, 0.2) is 5.65 Å². The Morgan fingerprint density at radius 3 is 3.08 bits per heavy atom. The zero-order chi connectivity index (χ0) is 17.2. The summed E-state index contributed by atoms with van der Waals surface area (Å²) in [6.07, 6.45) is 3.96. The minimum atomic E-state index is -0.275. The number of aromatic nitrogens is 4. The number of methoxy groups -OCH3 is 1. The Bertz CT molecular complexity index is 942. The average Bonchev–Trinajstić information content (AvgIpc) is 3.26. The Labute approximate surface area is 144 Å². The van der Waals surface area contributed by atoms with Crippen molar-refractivity contribution in [2.75, 3.05) is 25.5 Å². The lowest BCUT2D eigenvalue weighted by molar-refractivity contribution is 0.413. The molecule has 1 atom stereocenters. The number of benzene rings is 1. The number of aromatic amines is 1. The SMILES string of the molecule is COc1ccccc1-n1c(=O)[nH]c2cnc(NCC3CCCN3)nc21. The molecule has 8 nitrogen and oxygen atoms in total. The highest BCUT2D eigenvalue weighted by atomic mass is 16.5. The molecule has 0 spiro atoms. The molecule has 4 rings (SSSR count). The molecule has 0 saturated carbocycles. The average molecular weight is 340 g/mol. The van der Waals surface area contributed by atoms with Crippen molar-refractivity contribution < 1.29 is 4.74 Å². The van der Waals surface area contributed by atoms with Crippen LogP contribution < -0.4 is 21.1 Å². The number of rotatable bonds is 5. The van der Waals surface area contributed by atoms with Gasteiger partial charge in [0.05, 0.1) is 19.0 Å². The van der Waals surface area contributed by atoms with Gasteiger partial charge in [0.25, 0.3) is 0 Å². The van der Waals surface area contributed by atoms with Crippen molar-refractivity contribution in [3.05, 3.63) is 40.9 Å². The van der Waals surface area contributed by atoms with Crippen molar-refractivity contribution in [2.24, 2.45) is 0 Å². The molecular formula is C17H20N6O2. The molecule has 1 aromatic carbocycles. The van der Waals surface area contributed by atoms with Crippen LogP contribution in [0.1, 0.15) is 12.8 Å². The van der Waals surface area contributed by atoms with E-state index in [0.717, 1.165) is 19.5 Å². The molecule has 0 radical (unpaired) electrons. The molecular weight excluding hydrogens is 320 g/mol. The fourth-order valence-corrected chi connectivity index (χ4v) is 3.17. The smallest absolute Gasteiger partial charge is 0.332 e. The molecule has 0 amide bonds. The van der Waals surface area contributed by atoms with Gasteiger partial charge in [0.1, 0.15) is 11.3 Å². The number of hydrogen-bond donors (Lipinski definition) is 3. The largest absolute Gasteiger partial charge is 0.495 e. The summed E-state index contributed by atoms with van der Waals surface area (Å²) in [7, 11) is 1.58. The normalized spacial score (nSPS) is 17.1. The van der Waals surface area contributed by atoms with Gasteiger partial charge in [-0.15, -0.1) is 0 Å². The second-order valence-electron chi connectivity index (χ2n) is 6.04. The molecule has 8 heteroatoms. The van der Waals surface area contributed by atoms with E-state index in [2.05, 4.69) is 25.6 Å². The maximum atomic E-state index is 12.4. The zero-order valence-electron chi connectivity index (χ0n) is 14.0. The van der Waals surface area contributed by atoms with Crippen LogP contribution in [-0.4, -0.2) is 45.8 Å². The number of anilines is 1. The molecule has 1 unspecified atom stereocenters. The van der Waals surface area contributed by atoms with Gasteiger partial charge in [-0.1, -0.05) is 12.1 Å². The molecule has 1 saturated heterocycles. The van der Waals surface area contributed by atoms with Gasteiger partial charge in [-0.2, -0.15) is 4.98 Å². The summed E-state index contributed by atoms with van der Waals surface area (Å²) >= 11 is 0. The lowest BCUT2D eigenvalue weighted by Crippen LogP contribution is -2.29. The summed E-state index contributed by atoms with van der Waals surface area (Å²) in [5.74, 6) is 1.11. The van der Waals surface area contributed by atoms with E-state index in [9.17, 15) is 4.79 Å². The highest BCUT2D eigenvalue weighted by Crippen LogP contribution is 2.23. The van der Waals surface area contributed by atoms with Gasteiger partial charge in [0.2, 0.25) is 5.95 Å². The topological polar surface area (TPSA) is 96.9 Å². The Morgan fingerprint density at radius 2 is 2.28 bits per heavy atom. The van der Waals surface area contributed by atoms with Gasteiger partial charge >= 0.3 is 5.69 Å². The van der Waals surface area contributed by atoms with Crippen LogP contribution >= 0.6 is 0 Å². The van der Waals surface area contributed by atoms with Crippen molar-refractivity contribution in [3.8, 4) is 11.4 Å². The van der Waals surface area contributed by atoms with Crippen LogP contribution in [0.25, 0.3) is 16.9 Å². The lowest BCUT2D eigenvalue weighted by atomic mass is 10.2. The number of ether oxygens (including phenoxy) is 1. The monoisotopic (exact) mass is 340 g/mol. The van der Waals surface area contributed by atoms with Gasteiger partial charge in [-0.05, 0) is 31.5 Å². The fraction of sp³-hybridized carbons (Fsp3) is 0.353. The minimum absolute atomic E-state index is 0.275. The number of fused-ring (bicyclic) bond motifs is 1. The van der Waals surface area contributed by atoms with E-state index in [4.69, 9.17) is 4.74 Å². The van der Waals surface area contributed by atoms with Crippen molar-refractivity contribution >= 4 is 17.1 Å². The molecule has 2 aromatic heterocycles. The summed E-state index contributed by atoms with van der Waals surface area (Å²) in [6, 6.07) is 7.79. The summed E-state index contributed by atoms with van der Waals surface area (Å²) in [5.41, 5.74) is 1.47. The summed E-state index contributed by atoms with van der Waals surface area (Å²) in [4.78, 5) is 24.1. The second kappa shape index (κ2) is 6.56. The van der Waals surface area contributed by atoms with Crippen LogP contribution in [0.2, 0.25) is 0 Å². The first-order valence-electron chi connectivity index (χ1n) is 8.34. The third kappa shape index (κ3) is 2.96. The van der Waals surface area contributed by atoms with E-state index in [-0.39, 0.29) is 5.69 Å². The van der Waals surface area contributed by atoms with Crippen LogP contribution in [0.5, 0.6) is 5.75 Å².